The molecule has 2 nitrogen and oxygen atoms in total. The van der Waals surface area contributed by atoms with Gasteiger partial charge < -0.3 is 4.90 Å². The van der Waals surface area contributed by atoms with E-state index in [0.717, 1.165) is 38.2 Å². The first-order valence-electron chi connectivity index (χ1n) is 12.7. The maximum atomic E-state index is 6.32. The van der Waals surface area contributed by atoms with Crippen molar-refractivity contribution >= 4 is 41.3 Å². The number of benzene rings is 3. The molecule has 3 aromatic carbocycles. The summed E-state index contributed by atoms with van der Waals surface area (Å²) in [5.41, 5.74) is 10.1. The zero-order valence-electron chi connectivity index (χ0n) is 20.8. The van der Waals surface area contributed by atoms with Gasteiger partial charge in [0, 0.05) is 43.2 Å². The molecule has 4 heteroatoms. The monoisotopic (exact) mass is 485 g/mol. The summed E-state index contributed by atoms with van der Waals surface area (Å²) in [5, 5.41) is 6.15. The van der Waals surface area contributed by atoms with E-state index < -0.39 is 8.07 Å². The van der Waals surface area contributed by atoms with Crippen molar-refractivity contribution < 1.29 is 0 Å². The van der Waals surface area contributed by atoms with Crippen molar-refractivity contribution in [2.24, 2.45) is 0 Å². The molecule has 0 spiro atoms. The molecule has 3 aliphatic heterocycles. The van der Waals surface area contributed by atoms with Crippen molar-refractivity contribution in [2.45, 2.75) is 38.8 Å². The van der Waals surface area contributed by atoms with Crippen LogP contribution >= 0.6 is 11.6 Å². The first-order chi connectivity index (χ1) is 16.4. The predicted molar refractivity (Wildman–Crippen MR) is 149 cm³/mol. The van der Waals surface area contributed by atoms with E-state index in [1.807, 2.05) is 0 Å². The Morgan fingerprint density at radius 3 is 2.62 bits per heavy atom. The zero-order valence-corrected chi connectivity index (χ0v) is 22.6. The molecule has 6 rings (SSSR count). The van der Waals surface area contributed by atoms with Crippen molar-refractivity contribution in [2.75, 3.05) is 38.0 Å². The third kappa shape index (κ3) is 3.16. The van der Waals surface area contributed by atoms with Crippen LogP contribution in [0, 0.1) is 6.92 Å². The molecule has 174 valence electrons. The number of fused-ring (bicyclic) bond motifs is 4. The Bertz CT molecular complexity index is 1460. The molecule has 34 heavy (non-hydrogen) atoms. The third-order valence-corrected chi connectivity index (χ3v) is 13.5. The van der Waals surface area contributed by atoms with Gasteiger partial charge in [-0.3, -0.25) is 0 Å². The lowest BCUT2D eigenvalue weighted by Gasteiger charge is -2.37. The molecule has 3 heterocycles. The standard InChI is InChI=1S/C30H34ClN2Si/c1-20-8-5-6-9-23(20)30-24-16-21-10-13-32(2)26(21)18-28(24)34(4,15-7-12-31)29-19-27-22(17-25(29)30)11-14-33(27)3/h5-6,8-9,16-19H,7,10-15H2,1-4H3/q+1. The molecule has 3 aliphatic rings. The highest BCUT2D eigenvalue weighted by Gasteiger charge is 2.41. The van der Waals surface area contributed by atoms with E-state index in [9.17, 15) is 0 Å². The summed E-state index contributed by atoms with van der Waals surface area (Å²) in [4.78, 5) is 2.45. The van der Waals surface area contributed by atoms with Crippen LogP contribution in [0.1, 0.15) is 34.2 Å². The Kier molecular flexibility index (Phi) is 5.27. The molecule has 0 aliphatic carbocycles. The number of anilines is 1. The first-order valence-corrected chi connectivity index (χ1v) is 15.9. The van der Waals surface area contributed by atoms with Gasteiger partial charge >= 0.3 is 0 Å². The summed E-state index contributed by atoms with van der Waals surface area (Å²) in [5.74, 6) is 0.733. The van der Waals surface area contributed by atoms with Gasteiger partial charge in [0.15, 0.2) is 0 Å². The minimum absolute atomic E-state index is 0.733. The fourth-order valence-electron chi connectivity index (χ4n) is 6.64. The van der Waals surface area contributed by atoms with Gasteiger partial charge in [-0.05, 0) is 87.4 Å². The lowest BCUT2D eigenvalue weighted by Crippen LogP contribution is -2.65. The molecular formula is C30H34ClN2Si+. The average molecular weight is 486 g/mol. The van der Waals surface area contributed by atoms with E-state index in [-0.39, 0.29) is 0 Å². The second kappa shape index (κ2) is 8.10. The summed E-state index contributed by atoms with van der Waals surface area (Å²) in [6.07, 6.45) is 3.35. The number of rotatable bonds is 4. The molecule has 0 bridgehead atoms. The molecule has 0 amide bonds. The maximum Gasteiger partial charge on any atom is 0.203 e. The topological polar surface area (TPSA) is 6.25 Å². The van der Waals surface area contributed by atoms with Crippen molar-refractivity contribution in [3.05, 3.63) is 86.9 Å². The molecule has 0 radical (unpaired) electrons. The summed E-state index contributed by atoms with van der Waals surface area (Å²) < 4.78 is 2.45. The smallest absolute Gasteiger partial charge is 0.203 e. The summed E-state index contributed by atoms with van der Waals surface area (Å²) in [7, 11) is 2.51. The van der Waals surface area contributed by atoms with Gasteiger partial charge in [0.25, 0.3) is 0 Å². The second-order valence-electron chi connectivity index (χ2n) is 10.7. The maximum absolute atomic E-state index is 6.32. The number of halogens is 1. The summed E-state index contributed by atoms with van der Waals surface area (Å²) in [6.45, 7) is 7.10. The Labute approximate surface area is 209 Å². The van der Waals surface area contributed by atoms with E-state index in [2.05, 4.69) is 85.6 Å². The van der Waals surface area contributed by atoms with Crippen LogP contribution in [0.25, 0.3) is 5.57 Å². The fourth-order valence-corrected chi connectivity index (χ4v) is 11.2. The van der Waals surface area contributed by atoms with Gasteiger partial charge in [0.2, 0.25) is 5.36 Å². The van der Waals surface area contributed by atoms with Gasteiger partial charge in [-0.2, -0.15) is 0 Å². The van der Waals surface area contributed by atoms with Gasteiger partial charge in [-0.25, -0.2) is 4.58 Å². The normalized spacial score (nSPS) is 20.3. The van der Waals surface area contributed by atoms with Crippen molar-refractivity contribution in [1.29, 1.82) is 0 Å². The number of likely N-dealkylation sites (N-methyl/N-ethyl adjacent to an activating group) is 2. The van der Waals surface area contributed by atoms with Crippen molar-refractivity contribution in [3.63, 3.8) is 0 Å². The van der Waals surface area contributed by atoms with E-state index in [1.54, 1.807) is 10.4 Å². The summed E-state index contributed by atoms with van der Waals surface area (Å²) >= 11 is 6.32. The predicted octanol–water partition coefficient (Wildman–Crippen LogP) is 3.05. The molecule has 0 aromatic heterocycles. The third-order valence-electron chi connectivity index (χ3n) is 8.65. The van der Waals surface area contributed by atoms with E-state index >= 15 is 0 Å². The number of alkyl halides is 1. The van der Waals surface area contributed by atoms with E-state index in [4.69, 9.17) is 11.6 Å². The molecule has 1 atom stereocenters. The minimum Gasteiger partial charge on any atom is -0.374 e. The zero-order chi connectivity index (χ0) is 23.6. The van der Waals surface area contributed by atoms with Gasteiger partial charge in [0.1, 0.15) is 21.7 Å². The van der Waals surface area contributed by atoms with E-state index in [1.165, 1.54) is 55.7 Å². The van der Waals surface area contributed by atoms with Crippen molar-refractivity contribution in [3.8, 4) is 0 Å². The lowest BCUT2D eigenvalue weighted by molar-refractivity contribution is 0.720. The number of hydrogen-bond acceptors (Lipinski definition) is 1. The van der Waals surface area contributed by atoms with Crippen LogP contribution < -0.4 is 30.4 Å². The fraction of sp³-hybridized carbons (Fsp3) is 0.367. The molecular weight excluding hydrogens is 452 g/mol. The Hall–Kier alpha value is -2.36. The molecule has 0 saturated carbocycles. The number of nitrogens with zero attached hydrogens (tertiary/aromatic N) is 2. The van der Waals surface area contributed by atoms with E-state index in [0.29, 0.717) is 0 Å². The van der Waals surface area contributed by atoms with Crippen LogP contribution in [-0.2, 0) is 12.8 Å². The van der Waals surface area contributed by atoms with Crippen LogP contribution in [0.15, 0.2) is 48.5 Å². The highest BCUT2D eigenvalue weighted by atomic mass is 35.5. The van der Waals surface area contributed by atoms with Crippen LogP contribution in [0.5, 0.6) is 0 Å². The minimum atomic E-state index is -1.99. The second-order valence-corrected chi connectivity index (χ2v) is 15.3. The van der Waals surface area contributed by atoms with Crippen LogP contribution in [0.2, 0.25) is 12.6 Å². The Morgan fingerprint density at radius 2 is 1.82 bits per heavy atom. The van der Waals surface area contributed by atoms with Crippen molar-refractivity contribution in [1.82, 2.24) is 4.58 Å². The highest BCUT2D eigenvalue weighted by Crippen LogP contribution is 2.34. The molecule has 3 aromatic rings. The quantitative estimate of drug-likeness (QED) is 0.313. The SMILES string of the molecule is Cc1ccccc1C1=c2cc3c(cc2[Si](C)(CCCCl)c2cc4c(cc21)CCN4C)=[N+](C)CC3. The van der Waals surface area contributed by atoms with Gasteiger partial charge in [-0.1, -0.05) is 30.8 Å². The largest absolute Gasteiger partial charge is 0.374 e. The molecule has 0 saturated heterocycles. The Morgan fingerprint density at radius 1 is 1.00 bits per heavy atom. The van der Waals surface area contributed by atoms with Crippen LogP contribution in [0.4, 0.5) is 5.69 Å². The average Bonchev–Trinajstić information content (AvgIpc) is 3.39. The highest BCUT2D eigenvalue weighted by molar-refractivity contribution is 7.02. The van der Waals surface area contributed by atoms with Gasteiger partial charge in [0.05, 0.1) is 0 Å². The molecule has 0 fully saturated rings. The first kappa shape index (κ1) is 22.1. The van der Waals surface area contributed by atoms with Crippen LogP contribution in [0.3, 0.4) is 0 Å². The van der Waals surface area contributed by atoms with Gasteiger partial charge in [-0.15, -0.1) is 11.6 Å². The van der Waals surface area contributed by atoms with Crippen LogP contribution in [-0.4, -0.2) is 41.1 Å². The number of hydrogen-bond donors (Lipinski definition) is 0. The lowest BCUT2D eigenvalue weighted by atomic mass is 9.90. The molecule has 0 N–H and O–H groups in total. The summed E-state index contributed by atoms with van der Waals surface area (Å²) in [6, 6.07) is 20.4. The Balaban J connectivity index is 1.79. The number of aryl methyl sites for hydroxylation is 1. The molecule has 1 unspecified atom stereocenters.